The van der Waals surface area contributed by atoms with Gasteiger partial charge in [0.2, 0.25) is 5.91 Å². The van der Waals surface area contributed by atoms with Gasteiger partial charge in [-0.05, 0) is 24.8 Å². The van der Waals surface area contributed by atoms with Gasteiger partial charge in [0.25, 0.3) is 0 Å². The quantitative estimate of drug-likeness (QED) is 0.780. The fourth-order valence-corrected chi connectivity index (χ4v) is 2.72. The van der Waals surface area contributed by atoms with E-state index in [0.29, 0.717) is 24.9 Å². The normalized spacial score (nSPS) is 18.9. The van der Waals surface area contributed by atoms with Gasteiger partial charge >= 0.3 is 0 Å². The molecule has 19 heavy (non-hydrogen) atoms. The first kappa shape index (κ1) is 14.3. The number of alkyl halides is 1. The maximum absolute atomic E-state index is 13.5. The van der Waals surface area contributed by atoms with E-state index in [4.69, 9.17) is 11.6 Å². The van der Waals surface area contributed by atoms with Crippen LogP contribution >= 0.6 is 11.6 Å². The molecule has 1 atom stereocenters. The maximum Gasteiger partial charge on any atom is 0.227 e. The smallest absolute Gasteiger partial charge is 0.227 e. The van der Waals surface area contributed by atoms with Gasteiger partial charge in [-0.2, -0.15) is 0 Å². The van der Waals surface area contributed by atoms with Crippen LogP contribution < -0.4 is 0 Å². The summed E-state index contributed by atoms with van der Waals surface area (Å²) in [7, 11) is 0. The highest BCUT2D eigenvalue weighted by atomic mass is 35.5. The van der Waals surface area contributed by atoms with Crippen molar-refractivity contribution in [1.29, 1.82) is 0 Å². The van der Waals surface area contributed by atoms with Crippen molar-refractivity contribution in [3.05, 3.63) is 35.4 Å². The largest absolute Gasteiger partial charge is 0.342 e. The Morgan fingerprint density at radius 3 is 2.95 bits per heavy atom. The summed E-state index contributed by atoms with van der Waals surface area (Å²) in [5.41, 5.74) is 0.116. The lowest BCUT2D eigenvalue weighted by molar-refractivity contribution is -0.129. The van der Waals surface area contributed by atoms with Crippen molar-refractivity contribution in [2.45, 2.75) is 19.3 Å². The van der Waals surface area contributed by atoms with Crippen molar-refractivity contribution in [3.8, 4) is 0 Å². The first-order valence-corrected chi connectivity index (χ1v) is 6.92. The second-order valence-corrected chi connectivity index (χ2v) is 5.24. The van der Waals surface area contributed by atoms with Gasteiger partial charge in [0.1, 0.15) is 0 Å². The molecule has 5 heteroatoms. The molecule has 0 radical (unpaired) electrons. The first-order chi connectivity index (χ1) is 9.11. The minimum Gasteiger partial charge on any atom is -0.342 e. The molecule has 1 aromatic carbocycles. The molecule has 0 aromatic heterocycles. The predicted octanol–water partition coefficient (Wildman–Crippen LogP) is 2.98. The Morgan fingerprint density at radius 2 is 2.21 bits per heavy atom. The van der Waals surface area contributed by atoms with E-state index in [1.54, 1.807) is 4.90 Å². The summed E-state index contributed by atoms with van der Waals surface area (Å²) in [6.07, 6.45) is 1.74. The van der Waals surface area contributed by atoms with Crippen LogP contribution in [0.25, 0.3) is 0 Å². The molecular formula is C14H16ClF2NO. The lowest BCUT2D eigenvalue weighted by Gasteiger charge is -2.16. The third-order valence-electron chi connectivity index (χ3n) is 3.53. The number of rotatable bonds is 4. The number of likely N-dealkylation sites (tertiary alicyclic amines) is 1. The molecule has 1 saturated heterocycles. The molecular weight excluding hydrogens is 272 g/mol. The highest BCUT2D eigenvalue weighted by molar-refractivity contribution is 6.17. The van der Waals surface area contributed by atoms with E-state index in [1.165, 1.54) is 12.1 Å². The van der Waals surface area contributed by atoms with Crippen molar-refractivity contribution in [1.82, 2.24) is 4.90 Å². The van der Waals surface area contributed by atoms with Gasteiger partial charge in [0.05, 0.1) is 6.42 Å². The molecule has 0 spiro atoms. The zero-order chi connectivity index (χ0) is 13.8. The van der Waals surface area contributed by atoms with Crippen LogP contribution in [0.4, 0.5) is 8.78 Å². The van der Waals surface area contributed by atoms with E-state index in [9.17, 15) is 13.6 Å². The Hall–Kier alpha value is -1.16. The molecule has 1 heterocycles. The molecule has 1 aliphatic heterocycles. The number of carbonyl (C=O) groups is 1. The van der Waals surface area contributed by atoms with Crippen LogP contribution in [0.2, 0.25) is 0 Å². The minimum absolute atomic E-state index is 0.0861. The number of halogens is 3. The Balaban J connectivity index is 1.96. The summed E-state index contributed by atoms with van der Waals surface area (Å²) in [4.78, 5) is 13.7. The molecule has 0 aliphatic carbocycles. The Labute approximate surface area is 116 Å². The van der Waals surface area contributed by atoms with E-state index < -0.39 is 11.6 Å². The number of hydrogen-bond acceptors (Lipinski definition) is 1. The van der Waals surface area contributed by atoms with Gasteiger partial charge in [-0.3, -0.25) is 4.79 Å². The molecule has 1 fully saturated rings. The zero-order valence-electron chi connectivity index (χ0n) is 10.5. The van der Waals surface area contributed by atoms with Crippen LogP contribution in [0.3, 0.4) is 0 Å². The Morgan fingerprint density at radius 1 is 1.42 bits per heavy atom. The lowest BCUT2D eigenvalue weighted by atomic mass is 10.1. The molecule has 0 bridgehead atoms. The van der Waals surface area contributed by atoms with E-state index >= 15 is 0 Å². The Kier molecular flexibility index (Phi) is 4.75. The molecule has 0 saturated carbocycles. The van der Waals surface area contributed by atoms with Gasteiger partial charge in [-0.25, -0.2) is 8.78 Å². The fourth-order valence-electron chi connectivity index (χ4n) is 2.41. The van der Waals surface area contributed by atoms with Gasteiger partial charge in [-0.15, -0.1) is 11.6 Å². The second kappa shape index (κ2) is 6.33. The van der Waals surface area contributed by atoms with Crippen molar-refractivity contribution >= 4 is 17.5 Å². The van der Waals surface area contributed by atoms with E-state index in [2.05, 4.69) is 0 Å². The van der Waals surface area contributed by atoms with Crippen LogP contribution in [0, 0.1) is 17.6 Å². The monoisotopic (exact) mass is 287 g/mol. The SMILES string of the molecule is O=C(Cc1cccc(F)c1F)N1CCC(CCCl)C1. The molecule has 1 aromatic rings. The summed E-state index contributed by atoms with van der Waals surface area (Å²) < 4.78 is 26.5. The van der Waals surface area contributed by atoms with Crippen molar-refractivity contribution in [2.75, 3.05) is 19.0 Å². The van der Waals surface area contributed by atoms with Gasteiger partial charge in [0.15, 0.2) is 11.6 Å². The van der Waals surface area contributed by atoms with Crippen molar-refractivity contribution in [2.24, 2.45) is 5.92 Å². The third-order valence-corrected chi connectivity index (χ3v) is 3.75. The summed E-state index contributed by atoms with van der Waals surface area (Å²) in [5, 5.41) is 0. The third kappa shape index (κ3) is 3.44. The van der Waals surface area contributed by atoms with E-state index in [-0.39, 0.29) is 17.9 Å². The number of benzene rings is 1. The molecule has 0 N–H and O–H groups in total. The summed E-state index contributed by atoms with van der Waals surface area (Å²) in [5.74, 6) is -0.968. The van der Waals surface area contributed by atoms with Gasteiger partial charge < -0.3 is 4.90 Å². The number of amides is 1. The minimum atomic E-state index is -0.924. The predicted molar refractivity (Wildman–Crippen MR) is 70.1 cm³/mol. The van der Waals surface area contributed by atoms with E-state index in [1.807, 2.05) is 0 Å². The van der Waals surface area contributed by atoms with Crippen LogP contribution in [-0.2, 0) is 11.2 Å². The molecule has 1 amide bonds. The molecule has 2 rings (SSSR count). The molecule has 1 aliphatic rings. The fraction of sp³-hybridized carbons (Fsp3) is 0.500. The zero-order valence-corrected chi connectivity index (χ0v) is 11.3. The molecule has 1 unspecified atom stereocenters. The highest BCUT2D eigenvalue weighted by Gasteiger charge is 2.26. The van der Waals surface area contributed by atoms with Crippen LogP contribution in [-0.4, -0.2) is 29.8 Å². The Bertz CT molecular complexity index is 467. The number of carbonyl (C=O) groups excluding carboxylic acids is 1. The van der Waals surface area contributed by atoms with E-state index in [0.717, 1.165) is 18.9 Å². The maximum atomic E-state index is 13.5. The average Bonchev–Trinajstić information content (AvgIpc) is 2.84. The summed E-state index contributed by atoms with van der Waals surface area (Å²) in [6, 6.07) is 3.92. The van der Waals surface area contributed by atoms with Gasteiger partial charge in [0, 0.05) is 24.5 Å². The van der Waals surface area contributed by atoms with Crippen molar-refractivity contribution < 1.29 is 13.6 Å². The second-order valence-electron chi connectivity index (χ2n) is 4.86. The van der Waals surface area contributed by atoms with Crippen LogP contribution in [0.15, 0.2) is 18.2 Å². The highest BCUT2D eigenvalue weighted by Crippen LogP contribution is 2.21. The summed E-state index contributed by atoms with van der Waals surface area (Å²) in [6.45, 7) is 1.35. The lowest BCUT2D eigenvalue weighted by Crippen LogP contribution is -2.30. The standard InChI is InChI=1S/C14H16ClF2NO/c15-6-4-10-5-7-18(9-10)13(19)8-11-2-1-3-12(16)14(11)17/h1-3,10H,4-9H2. The van der Waals surface area contributed by atoms with Gasteiger partial charge in [-0.1, -0.05) is 12.1 Å². The van der Waals surface area contributed by atoms with Crippen molar-refractivity contribution in [3.63, 3.8) is 0 Å². The average molecular weight is 288 g/mol. The molecule has 2 nitrogen and oxygen atoms in total. The number of nitrogens with zero attached hydrogens (tertiary/aromatic N) is 1. The number of hydrogen-bond donors (Lipinski definition) is 0. The summed E-state index contributed by atoms with van der Waals surface area (Å²) >= 11 is 5.68. The van der Waals surface area contributed by atoms with Crippen LogP contribution in [0.5, 0.6) is 0 Å². The first-order valence-electron chi connectivity index (χ1n) is 6.38. The molecule has 104 valence electrons. The van der Waals surface area contributed by atoms with Crippen LogP contribution in [0.1, 0.15) is 18.4 Å². The topological polar surface area (TPSA) is 20.3 Å².